The van der Waals surface area contributed by atoms with Gasteiger partial charge < -0.3 is 5.32 Å². The maximum atomic E-state index is 13.8. The number of alkyl halides is 1. The Hall–Kier alpha value is -0.760. The van der Waals surface area contributed by atoms with Gasteiger partial charge in [-0.05, 0) is 31.5 Å². The minimum atomic E-state index is -1.19. The first-order valence-corrected chi connectivity index (χ1v) is 5.08. The number of halogens is 2. The molecule has 0 bridgehead atoms. The molecule has 1 aromatic rings. The fourth-order valence-electron chi connectivity index (χ4n) is 1.92. The third kappa shape index (κ3) is 1.59. The normalized spacial score (nSPS) is 20.4. The van der Waals surface area contributed by atoms with Crippen LogP contribution in [0.25, 0.3) is 0 Å². The van der Waals surface area contributed by atoms with E-state index in [1.165, 1.54) is 0 Å². The lowest BCUT2D eigenvalue weighted by Crippen LogP contribution is -2.25. The first kappa shape index (κ1) is 9.78. The van der Waals surface area contributed by atoms with E-state index in [0.29, 0.717) is 11.6 Å². The third-order valence-electron chi connectivity index (χ3n) is 2.72. The van der Waals surface area contributed by atoms with Crippen molar-refractivity contribution < 1.29 is 4.39 Å². The highest BCUT2D eigenvalue weighted by atomic mass is 35.5. The van der Waals surface area contributed by atoms with E-state index < -0.39 is 5.67 Å². The standard InChI is InChI=1S/C11H13ClFN/c1-11(2,13)9-6-14-10-5-7(12)3-4-8(9)10/h3-5,9,14H,6H2,1-2H3. The summed E-state index contributed by atoms with van der Waals surface area (Å²) in [5.74, 6) is -0.0743. The van der Waals surface area contributed by atoms with Crippen molar-refractivity contribution in [1.82, 2.24) is 0 Å². The van der Waals surface area contributed by atoms with Gasteiger partial charge in [-0.25, -0.2) is 4.39 Å². The molecule has 0 aromatic heterocycles. The highest BCUT2D eigenvalue weighted by molar-refractivity contribution is 6.30. The van der Waals surface area contributed by atoms with Gasteiger partial charge in [0.05, 0.1) is 0 Å². The molecule has 2 rings (SSSR count). The minimum Gasteiger partial charge on any atom is -0.384 e. The largest absolute Gasteiger partial charge is 0.384 e. The van der Waals surface area contributed by atoms with Crippen LogP contribution in [0.2, 0.25) is 5.02 Å². The Kier molecular flexibility index (Phi) is 2.18. The van der Waals surface area contributed by atoms with Gasteiger partial charge >= 0.3 is 0 Å². The Bertz CT molecular complexity index is 357. The van der Waals surface area contributed by atoms with Gasteiger partial charge in [0, 0.05) is 23.2 Å². The second-order valence-electron chi connectivity index (χ2n) is 4.23. The molecule has 1 heterocycles. The highest BCUT2D eigenvalue weighted by Gasteiger charge is 2.35. The fraction of sp³-hybridized carbons (Fsp3) is 0.455. The van der Waals surface area contributed by atoms with E-state index in [0.717, 1.165) is 11.3 Å². The summed E-state index contributed by atoms with van der Waals surface area (Å²) in [7, 11) is 0. The van der Waals surface area contributed by atoms with Crippen molar-refractivity contribution in [2.24, 2.45) is 0 Å². The van der Waals surface area contributed by atoms with E-state index in [9.17, 15) is 4.39 Å². The molecular weight excluding hydrogens is 201 g/mol. The van der Waals surface area contributed by atoms with Gasteiger partial charge in [0.2, 0.25) is 0 Å². The van der Waals surface area contributed by atoms with Crippen LogP contribution in [-0.4, -0.2) is 12.2 Å². The average molecular weight is 214 g/mol. The van der Waals surface area contributed by atoms with Crippen molar-refractivity contribution in [2.45, 2.75) is 25.4 Å². The smallest absolute Gasteiger partial charge is 0.114 e. The summed E-state index contributed by atoms with van der Waals surface area (Å²) >= 11 is 5.85. The zero-order valence-corrected chi connectivity index (χ0v) is 9.03. The number of rotatable bonds is 1. The third-order valence-corrected chi connectivity index (χ3v) is 2.95. The van der Waals surface area contributed by atoms with Crippen LogP contribution in [0.4, 0.5) is 10.1 Å². The summed E-state index contributed by atoms with van der Waals surface area (Å²) < 4.78 is 13.8. The van der Waals surface area contributed by atoms with Gasteiger partial charge in [0.15, 0.2) is 0 Å². The van der Waals surface area contributed by atoms with Crippen LogP contribution in [-0.2, 0) is 0 Å². The van der Waals surface area contributed by atoms with E-state index >= 15 is 0 Å². The van der Waals surface area contributed by atoms with Gasteiger partial charge in [-0.2, -0.15) is 0 Å². The maximum Gasteiger partial charge on any atom is 0.114 e. The molecule has 1 unspecified atom stereocenters. The molecule has 0 spiro atoms. The molecule has 0 radical (unpaired) electrons. The molecule has 1 aliphatic heterocycles. The molecule has 1 nitrogen and oxygen atoms in total. The molecule has 76 valence electrons. The van der Waals surface area contributed by atoms with Crippen LogP contribution in [0.3, 0.4) is 0 Å². The van der Waals surface area contributed by atoms with Gasteiger partial charge in [0.25, 0.3) is 0 Å². The first-order chi connectivity index (χ1) is 6.48. The Morgan fingerprint density at radius 2 is 2.21 bits per heavy atom. The van der Waals surface area contributed by atoms with Gasteiger partial charge in [0.1, 0.15) is 5.67 Å². The topological polar surface area (TPSA) is 12.0 Å². The molecule has 1 aliphatic rings. The number of anilines is 1. The van der Waals surface area contributed by atoms with E-state index in [4.69, 9.17) is 11.6 Å². The second-order valence-corrected chi connectivity index (χ2v) is 4.67. The predicted molar refractivity (Wildman–Crippen MR) is 57.9 cm³/mol. The SMILES string of the molecule is CC(C)(F)C1CNc2cc(Cl)ccc21. The number of nitrogens with one attached hydrogen (secondary N) is 1. The Morgan fingerprint density at radius 3 is 2.86 bits per heavy atom. The minimum absolute atomic E-state index is 0.0743. The van der Waals surface area contributed by atoms with Crippen molar-refractivity contribution in [2.75, 3.05) is 11.9 Å². The fourth-order valence-corrected chi connectivity index (χ4v) is 2.09. The van der Waals surface area contributed by atoms with Crippen molar-refractivity contribution in [1.29, 1.82) is 0 Å². The van der Waals surface area contributed by atoms with E-state index in [1.807, 2.05) is 18.2 Å². The quantitative estimate of drug-likeness (QED) is 0.752. The highest BCUT2D eigenvalue weighted by Crippen LogP contribution is 2.40. The van der Waals surface area contributed by atoms with E-state index in [-0.39, 0.29) is 5.92 Å². The molecule has 1 atom stereocenters. The molecule has 14 heavy (non-hydrogen) atoms. The van der Waals surface area contributed by atoms with Crippen molar-refractivity contribution >= 4 is 17.3 Å². The van der Waals surface area contributed by atoms with Crippen LogP contribution in [0.5, 0.6) is 0 Å². The molecule has 0 aliphatic carbocycles. The molecule has 0 saturated heterocycles. The Morgan fingerprint density at radius 1 is 1.50 bits per heavy atom. The molecule has 1 aromatic carbocycles. The average Bonchev–Trinajstić information content (AvgIpc) is 2.45. The van der Waals surface area contributed by atoms with Crippen molar-refractivity contribution in [3.63, 3.8) is 0 Å². The van der Waals surface area contributed by atoms with Crippen LogP contribution in [0.1, 0.15) is 25.3 Å². The van der Waals surface area contributed by atoms with Gasteiger partial charge in [-0.3, -0.25) is 0 Å². The lowest BCUT2D eigenvalue weighted by atomic mass is 9.88. The van der Waals surface area contributed by atoms with E-state index in [1.54, 1.807) is 13.8 Å². The Balaban J connectivity index is 2.41. The van der Waals surface area contributed by atoms with Crippen LogP contribution in [0.15, 0.2) is 18.2 Å². The molecule has 0 saturated carbocycles. The van der Waals surface area contributed by atoms with Gasteiger partial charge in [-0.1, -0.05) is 17.7 Å². The number of hydrogen-bond donors (Lipinski definition) is 1. The first-order valence-electron chi connectivity index (χ1n) is 4.71. The summed E-state index contributed by atoms with van der Waals surface area (Å²) in [6, 6.07) is 5.57. The second kappa shape index (κ2) is 3.13. The van der Waals surface area contributed by atoms with Crippen LogP contribution < -0.4 is 5.32 Å². The van der Waals surface area contributed by atoms with Crippen LogP contribution >= 0.6 is 11.6 Å². The lowest BCUT2D eigenvalue weighted by molar-refractivity contribution is 0.180. The monoisotopic (exact) mass is 213 g/mol. The summed E-state index contributed by atoms with van der Waals surface area (Å²) in [4.78, 5) is 0. The molecule has 1 N–H and O–H groups in total. The number of hydrogen-bond acceptors (Lipinski definition) is 1. The number of benzene rings is 1. The summed E-state index contributed by atoms with van der Waals surface area (Å²) in [5, 5.41) is 3.86. The number of fused-ring (bicyclic) bond motifs is 1. The zero-order valence-electron chi connectivity index (χ0n) is 8.27. The zero-order chi connectivity index (χ0) is 10.3. The lowest BCUT2D eigenvalue weighted by Gasteiger charge is -2.22. The van der Waals surface area contributed by atoms with E-state index in [2.05, 4.69) is 5.32 Å². The summed E-state index contributed by atoms with van der Waals surface area (Å²) in [6.07, 6.45) is 0. The summed E-state index contributed by atoms with van der Waals surface area (Å²) in [5.41, 5.74) is 0.807. The summed E-state index contributed by atoms with van der Waals surface area (Å²) in [6.45, 7) is 3.88. The maximum absolute atomic E-state index is 13.8. The predicted octanol–water partition coefficient (Wildman–Crippen LogP) is 3.60. The molecule has 3 heteroatoms. The van der Waals surface area contributed by atoms with Crippen molar-refractivity contribution in [3.8, 4) is 0 Å². The molecule has 0 amide bonds. The van der Waals surface area contributed by atoms with Crippen molar-refractivity contribution in [3.05, 3.63) is 28.8 Å². The molecule has 0 fully saturated rings. The Labute approximate surface area is 88.3 Å². The van der Waals surface area contributed by atoms with Crippen LogP contribution in [0, 0.1) is 0 Å². The molecular formula is C11H13ClFN. The van der Waals surface area contributed by atoms with Gasteiger partial charge in [-0.15, -0.1) is 0 Å².